The number of ether oxygens (including phenoxy) is 4. The predicted octanol–water partition coefficient (Wildman–Crippen LogP) is 5.61. The zero-order valence-corrected chi connectivity index (χ0v) is 18.8. The molecule has 2 atom stereocenters. The maximum atomic E-state index is 6.47. The van der Waals surface area contributed by atoms with E-state index in [4.69, 9.17) is 35.6 Å². The monoisotopic (exact) mass is 450 g/mol. The van der Waals surface area contributed by atoms with Gasteiger partial charge in [-0.25, -0.2) is 5.01 Å². The van der Waals surface area contributed by atoms with Gasteiger partial charge in [-0.2, -0.15) is 5.10 Å². The molecule has 0 radical (unpaired) electrons. The first kappa shape index (κ1) is 20.5. The summed E-state index contributed by atoms with van der Waals surface area (Å²) in [5, 5.41) is 7.70. The highest BCUT2D eigenvalue weighted by molar-refractivity contribution is 6.30. The van der Waals surface area contributed by atoms with E-state index in [1.165, 1.54) is 0 Å². The van der Waals surface area contributed by atoms with Gasteiger partial charge in [-0.1, -0.05) is 35.9 Å². The molecule has 0 amide bonds. The fourth-order valence-electron chi connectivity index (χ4n) is 4.28. The van der Waals surface area contributed by atoms with Crippen LogP contribution in [0.15, 0.2) is 65.8 Å². The van der Waals surface area contributed by atoms with Gasteiger partial charge in [0.2, 0.25) is 6.23 Å². The lowest BCUT2D eigenvalue weighted by molar-refractivity contribution is -0.0208. The lowest BCUT2D eigenvalue weighted by Gasteiger charge is -2.38. The molecule has 3 aromatic carbocycles. The predicted molar refractivity (Wildman–Crippen MR) is 123 cm³/mol. The van der Waals surface area contributed by atoms with Crippen molar-refractivity contribution in [1.82, 2.24) is 5.01 Å². The molecule has 5 rings (SSSR count). The Morgan fingerprint density at radius 1 is 0.906 bits per heavy atom. The van der Waals surface area contributed by atoms with Crippen molar-refractivity contribution in [1.29, 1.82) is 0 Å². The summed E-state index contributed by atoms with van der Waals surface area (Å²) in [7, 11) is 4.92. The fraction of sp³-hybridized carbons (Fsp3) is 0.240. The van der Waals surface area contributed by atoms with Crippen molar-refractivity contribution in [3.63, 3.8) is 0 Å². The van der Waals surface area contributed by atoms with Gasteiger partial charge in [0, 0.05) is 28.1 Å². The van der Waals surface area contributed by atoms with E-state index < -0.39 is 6.23 Å². The van der Waals surface area contributed by atoms with Crippen molar-refractivity contribution < 1.29 is 18.9 Å². The average molecular weight is 451 g/mol. The number of hydrazone groups is 1. The van der Waals surface area contributed by atoms with E-state index in [9.17, 15) is 0 Å². The van der Waals surface area contributed by atoms with Crippen molar-refractivity contribution in [2.24, 2.45) is 5.10 Å². The van der Waals surface area contributed by atoms with Gasteiger partial charge in [-0.05, 0) is 36.4 Å². The highest BCUT2D eigenvalue weighted by Gasteiger charge is 2.42. The molecule has 0 fully saturated rings. The van der Waals surface area contributed by atoms with E-state index in [1.807, 2.05) is 59.6 Å². The van der Waals surface area contributed by atoms with Crippen molar-refractivity contribution >= 4 is 17.3 Å². The van der Waals surface area contributed by atoms with E-state index in [-0.39, 0.29) is 6.04 Å². The molecule has 7 heteroatoms. The Balaban J connectivity index is 1.60. The molecule has 2 aliphatic rings. The number of halogens is 1. The highest BCUT2D eigenvalue weighted by atomic mass is 35.5. The minimum Gasteiger partial charge on any atom is -0.493 e. The largest absolute Gasteiger partial charge is 0.493 e. The molecule has 164 valence electrons. The van der Waals surface area contributed by atoms with Gasteiger partial charge in [0.1, 0.15) is 0 Å². The molecule has 2 heterocycles. The summed E-state index contributed by atoms with van der Waals surface area (Å²) in [5.41, 5.74) is 3.95. The Kier molecular flexibility index (Phi) is 5.31. The van der Waals surface area contributed by atoms with E-state index in [1.54, 1.807) is 21.3 Å². The van der Waals surface area contributed by atoms with Gasteiger partial charge >= 0.3 is 0 Å². The van der Waals surface area contributed by atoms with Crippen molar-refractivity contribution in [2.45, 2.75) is 18.7 Å². The lowest BCUT2D eigenvalue weighted by Crippen LogP contribution is -2.33. The van der Waals surface area contributed by atoms with Crippen LogP contribution in [0.25, 0.3) is 0 Å². The lowest BCUT2D eigenvalue weighted by atomic mass is 9.95. The number of para-hydroxylation sites is 1. The maximum absolute atomic E-state index is 6.47. The van der Waals surface area contributed by atoms with Gasteiger partial charge in [0.25, 0.3) is 0 Å². The van der Waals surface area contributed by atoms with Crippen LogP contribution in [0.5, 0.6) is 23.0 Å². The van der Waals surface area contributed by atoms with Gasteiger partial charge in [0.05, 0.1) is 33.1 Å². The van der Waals surface area contributed by atoms with Crippen LogP contribution in [0.2, 0.25) is 5.02 Å². The SMILES string of the molecule is COc1ccc(C2=NN3[C@H](C2)c2cccc(OC)c2O[C@H]3c2ccc(Cl)cc2)cc1OC. The summed E-state index contributed by atoms with van der Waals surface area (Å²) in [5.74, 6) is 2.82. The molecular weight excluding hydrogens is 428 g/mol. The number of fused-ring (bicyclic) bond motifs is 3. The van der Waals surface area contributed by atoms with Crippen LogP contribution in [-0.2, 0) is 0 Å². The number of hydrogen-bond acceptors (Lipinski definition) is 6. The van der Waals surface area contributed by atoms with Gasteiger partial charge in [-0.3, -0.25) is 0 Å². The van der Waals surface area contributed by atoms with Gasteiger partial charge < -0.3 is 18.9 Å². The minimum atomic E-state index is -0.404. The first-order valence-corrected chi connectivity index (χ1v) is 10.7. The molecule has 32 heavy (non-hydrogen) atoms. The molecule has 6 nitrogen and oxygen atoms in total. The van der Waals surface area contributed by atoms with Crippen molar-refractivity contribution in [3.05, 3.63) is 82.4 Å². The zero-order chi connectivity index (χ0) is 22.2. The number of benzene rings is 3. The summed E-state index contributed by atoms with van der Waals surface area (Å²) in [6.45, 7) is 0. The molecule has 3 aromatic rings. The Hall–Kier alpha value is -3.38. The number of rotatable bonds is 5. The van der Waals surface area contributed by atoms with Gasteiger partial charge in [-0.15, -0.1) is 0 Å². The van der Waals surface area contributed by atoms with Crippen molar-refractivity contribution in [3.8, 4) is 23.0 Å². The van der Waals surface area contributed by atoms with Crippen LogP contribution in [0.4, 0.5) is 0 Å². The van der Waals surface area contributed by atoms with Crippen LogP contribution < -0.4 is 18.9 Å². The molecule has 0 N–H and O–H groups in total. The smallest absolute Gasteiger partial charge is 0.214 e. The van der Waals surface area contributed by atoms with Crippen LogP contribution in [-0.4, -0.2) is 32.0 Å². The number of hydrogen-bond donors (Lipinski definition) is 0. The Labute approximate surface area is 191 Å². The van der Waals surface area contributed by atoms with E-state index in [0.717, 1.165) is 34.6 Å². The standard InChI is InChI=1S/C25H23ClN2O4/c1-29-21-12-9-16(13-23(21)31-3)19-14-20-18-5-4-6-22(30-2)24(18)32-25(28(20)27-19)15-7-10-17(26)11-8-15/h4-13,20,25H,14H2,1-3H3/t20-,25+/m1/s1. The normalized spacial score (nSPS) is 18.9. The van der Waals surface area contributed by atoms with E-state index >= 15 is 0 Å². The first-order chi connectivity index (χ1) is 15.6. The molecular formula is C25H23ClN2O4. The molecule has 0 aliphatic carbocycles. The summed E-state index contributed by atoms with van der Waals surface area (Å²) in [6.07, 6.45) is 0.321. The Morgan fingerprint density at radius 3 is 2.38 bits per heavy atom. The average Bonchev–Trinajstić information content (AvgIpc) is 3.29. The van der Waals surface area contributed by atoms with Crippen LogP contribution in [0.3, 0.4) is 0 Å². The molecule has 2 aliphatic heterocycles. The van der Waals surface area contributed by atoms with Gasteiger partial charge in [0.15, 0.2) is 23.0 Å². The highest BCUT2D eigenvalue weighted by Crippen LogP contribution is 2.50. The van der Waals surface area contributed by atoms with Crippen molar-refractivity contribution in [2.75, 3.05) is 21.3 Å². The third-order valence-corrected chi connectivity index (χ3v) is 6.12. The second-order valence-electron chi connectivity index (χ2n) is 7.62. The molecule has 0 bridgehead atoms. The topological polar surface area (TPSA) is 52.5 Å². The molecule has 0 aromatic heterocycles. The minimum absolute atomic E-state index is 0.0117. The first-order valence-electron chi connectivity index (χ1n) is 10.3. The van der Waals surface area contributed by atoms with E-state index in [2.05, 4.69) is 6.07 Å². The third kappa shape index (κ3) is 3.41. The molecule has 0 unspecified atom stereocenters. The number of nitrogens with zero attached hydrogens (tertiary/aromatic N) is 2. The van der Waals surface area contributed by atoms with E-state index in [0.29, 0.717) is 22.3 Å². The Bertz CT molecular complexity index is 1180. The third-order valence-electron chi connectivity index (χ3n) is 5.87. The molecule has 0 spiro atoms. The second-order valence-corrected chi connectivity index (χ2v) is 8.05. The fourth-order valence-corrected chi connectivity index (χ4v) is 4.41. The molecule has 0 saturated heterocycles. The quantitative estimate of drug-likeness (QED) is 0.505. The second kappa shape index (κ2) is 8.28. The Morgan fingerprint density at radius 2 is 1.66 bits per heavy atom. The van der Waals surface area contributed by atoms with Crippen LogP contribution in [0.1, 0.15) is 35.4 Å². The molecule has 0 saturated carbocycles. The summed E-state index contributed by atoms with van der Waals surface area (Å²) in [4.78, 5) is 0. The summed E-state index contributed by atoms with van der Waals surface area (Å²) < 4.78 is 22.9. The summed E-state index contributed by atoms with van der Waals surface area (Å²) >= 11 is 6.12. The zero-order valence-electron chi connectivity index (χ0n) is 18.0. The maximum Gasteiger partial charge on any atom is 0.214 e. The van der Waals surface area contributed by atoms with Crippen LogP contribution in [0, 0.1) is 0 Å². The number of methoxy groups -OCH3 is 3. The summed E-state index contributed by atoms with van der Waals surface area (Å²) in [6, 6.07) is 19.5. The van der Waals surface area contributed by atoms with Crippen LogP contribution >= 0.6 is 11.6 Å².